The predicted octanol–water partition coefficient (Wildman–Crippen LogP) is 5.02. The minimum Gasteiger partial charge on any atom is -0.459 e. The Morgan fingerprint density at radius 1 is 0.680 bits per heavy atom. The van der Waals surface area contributed by atoms with Crippen LogP contribution in [0.25, 0.3) is 11.2 Å². The Balaban J connectivity index is 1.38. The molecular weight excluding hydrogens is 644 g/mol. The standard InChI is InChI=1S/C37H34N4O9/c1-21-5-11-25(12-6-21)35(43)47-18-29-31(49-36(44)26-13-7-22(2)8-14-26)32(50-37(45)27-15-9-23(3)10-16-27)34(48-29)41-20-40-30-28(17-46-24(4)42)38-19-39-33(30)41/h5-16,19-20,29,31-32,34H,17-18H2,1-4H3/t29-,31-,32-,34-/m1/s1. The Morgan fingerprint density at radius 2 is 1.20 bits per heavy atom. The molecule has 50 heavy (non-hydrogen) atoms. The van der Waals surface area contributed by atoms with Crippen molar-refractivity contribution in [3.63, 3.8) is 0 Å². The summed E-state index contributed by atoms with van der Waals surface area (Å²) in [5.74, 6) is -2.52. The van der Waals surface area contributed by atoms with Crippen LogP contribution in [-0.4, -0.2) is 68.3 Å². The lowest BCUT2D eigenvalue weighted by Crippen LogP contribution is -2.41. The number of nitrogens with zero attached hydrogens (tertiary/aromatic N) is 4. The van der Waals surface area contributed by atoms with Crippen LogP contribution in [0.5, 0.6) is 0 Å². The zero-order chi connectivity index (χ0) is 35.4. The van der Waals surface area contributed by atoms with Crippen molar-refractivity contribution in [1.29, 1.82) is 0 Å². The summed E-state index contributed by atoms with van der Waals surface area (Å²) in [6.45, 7) is 6.45. The monoisotopic (exact) mass is 678 g/mol. The first-order valence-corrected chi connectivity index (χ1v) is 15.8. The number of hydrogen-bond acceptors (Lipinski definition) is 12. The molecule has 1 fully saturated rings. The fraction of sp³-hybridized carbons (Fsp3) is 0.270. The summed E-state index contributed by atoms with van der Waals surface area (Å²) in [7, 11) is 0. The number of fused-ring (bicyclic) bond motifs is 1. The number of rotatable bonds is 10. The maximum atomic E-state index is 13.6. The SMILES string of the molecule is CC(=O)OCc1ncnc2c1ncn2[C@@H]1O[C@H](COC(=O)c2ccc(C)cc2)[C@@H](OC(=O)c2ccc(C)cc2)[C@H]1OC(=O)c1ccc(C)cc1. The Bertz CT molecular complexity index is 2030. The summed E-state index contributed by atoms with van der Waals surface area (Å²) in [4.78, 5) is 64.8. The second-order valence-electron chi connectivity index (χ2n) is 11.9. The van der Waals surface area contributed by atoms with Gasteiger partial charge in [-0.2, -0.15) is 0 Å². The Kier molecular flexibility index (Phi) is 9.95. The zero-order valence-electron chi connectivity index (χ0n) is 27.8. The van der Waals surface area contributed by atoms with Gasteiger partial charge in [-0.05, 0) is 57.2 Å². The van der Waals surface area contributed by atoms with Gasteiger partial charge >= 0.3 is 23.9 Å². The number of imidazole rings is 1. The molecule has 1 aliphatic heterocycles. The lowest BCUT2D eigenvalue weighted by atomic mass is 10.1. The molecule has 256 valence electrons. The highest BCUT2D eigenvalue weighted by Gasteiger charge is 2.52. The number of aromatic nitrogens is 4. The molecule has 1 saturated heterocycles. The van der Waals surface area contributed by atoms with Crippen LogP contribution >= 0.6 is 0 Å². The molecule has 0 radical (unpaired) electrons. The van der Waals surface area contributed by atoms with E-state index < -0.39 is 48.4 Å². The normalized spacial score (nSPS) is 18.4. The number of ether oxygens (including phenoxy) is 5. The highest BCUT2D eigenvalue weighted by atomic mass is 16.7. The van der Waals surface area contributed by atoms with E-state index in [9.17, 15) is 19.2 Å². The topological polar surface area (TPSA) is 158 Å². The van der Waals surface area contributed by atoms with E-state index >= 15 is 0 Å². The lowest BCUT2D eigenvalue weighted by molar-refractivity contribution is -0.142. The van der Waals surface area contributed by atoms with E-state index in [4.69, 9.17) is 23.7 Å². The maximum absolute atomic E-state index is 13.6. The van der Waals surface area contributed by atoms with Crippen molar-refractivity contribution in [3.05, 3.63) is 125 Å². The van der Waals surface area contributed by atoms with Crippen LogP contribution in [0.15, 0.2) is 85.5 Å². The number of carbonyl (C=O) groups is 4. The summed E-state index contributed by atoms with van der Waals surface area (Å²) < 4.78 is 30.9. The molecule has 0 unspecified atom stereocenters. The molecule has 0 amide bonds. The van der Waals surface area contributed by atoms with Crippen LogP contribution < -0.4 is 0 Å². The van der Waals surface area contributed by atoms with Crippen LogP contribution in [0.3, 0.4) is 0 Å². The molecule has 13 heteroatoms. The molecule has 2 aromatic heterocycles. The van der Waals surface area contributed by atoms with Crippen LogP contribution in [0.2, 0.25) is 0 Å². The quantitative estimate of drug-likeness (QED) is 0.144. The third kappa shape index (κ3) is 7.52. The first kappa shape index (κ1) is 33.9. The van der Waals surface area contributed by atoms with Gasteiger partial charge in [0, 0.05) is 6.92 Å². The number of hydrogen-bond donors (Lipinski definition) is 0. The van der Waals surface area contributed by atoms with Gasteiger partial charge in [-0.25, -0.2) is 29.3 Å². The van der Waals surface area contributed by atoms with Gasteiger partial charge in [0.2, 0.25) is 0 Å². The largest absolute Gasteiger partial charge is 0.459 e. The van der Waals surface area contributed by atoms with Gasteiger partial charge in [0.15, 0.2) is 24.1 Å². The zero-order valence-corrected chi connectivity index (χ0v) is 27.8. The van der Waals surface area contributed by atoms with E-state index in [0.29, 0.717) is 16.8 Å². The molecule has 3 heterocycles. The number of esters is 4. The molecule has 0 aliphatic carbocycles. The minimum atomic E-state index is -1.27. The van der Waals surface area contributed by atoms with E-state index in [0.717, 1.165) is 16.7 Å². The predicted molar refractivity (Wildman–Crippen MR) is 177 cm³/mol. The van der Waals surface area contributed by atoms with Crippen molar-refractivity contribution in [3.8, 4) is 0 Å². The van der Waals surface area contributed by atoms with Gasteiger partial charge in [-0.3, -0.25) is 9.36 Å². The molecular formula is C37H34N4O9. The molecule has 13 nitrogen and oxygen atoms in total. The Labute approximate surface area is 287 Å². The maximum Gasteiger partial charge on any atom is 0.338 e. The average molecular weight is 679 g/mol. The highest BCUT2D eigenvalue weighted by molar-refractivity contribution is 5.91. The van der Waals surface area contributed by atoms with E-state index in [1.54, 1.807) is 72.8 Å². The van der Waals surface area contributed by atoms with Crippen molar-refractivity contribution in [2.24, 2.45) is 0 Å². The van der Waals surface area contributed by atoms with Crippen LogP contribution in [0.4, 0.5) is 0 Å². The fourth-order valence-electron chi connectivity index (χ4n) is 5.39. The van der Waals surface area contributed by atoms with Crippen molar-refractivity contribution < 1.29 is 42.9 Å². The minimum absolute atomic E-state index is 0.156. The number of benzene rings is 3. The van der Waals surface area contributed by atoms with Crippen LogP contribution in [0, 0.1) is 20.8 Å². The van der Waals surface area contributed by atoms with Gasteiger partial charge in [0.05, 0.1) is 23.0 Å². The van der Waals surface area contributed by atoms with E-state index in [-0.39, 0.29) is 30.0 Å². The van der Waals surface area contributed by atoms with Crippen molar-refractivity contribution in [2.45, 2.75) is 58.8 Å². The smallest absolute Gasteiger partial charge is 0.338 e. The van der Waals surface area contributed by atoms with Gasteiger partial charge in [-0.15, -0.1) is 0 Å². The molecule has 0 N–H and O–H groups in total. The molecule has 5 aromatic rings. The second kappa shape index (κ2) is 14.7. The molecule has 3 aromatic carbocycles. The van der Waals surface area contributed by atoms with E-state index in [1.807, 2.05) is 20.8 Å². The summed E-state index contributed by atoms with van der Waals surface area (Å²) >= 11 is 0. The van der Waals surface area contributed by atoms with Gasteiger partial charge in [0.25, 0.3) is 0 Å². The Hall–Kier alpha value is -5.95. The Morgan fingerprint density at radius 3 is 1.74 bits per heavy atom. The summed E-state index contributed by atoms with van der Waals surface area (Å²) in [5, 5.41) is 0. The van der Waals surface area contributed by atoms with Crippen molar-refractivity contribution in [1.82, 2.24) is 19.5 Å². The molecule has 6 rings (SSSR count). The third-order valence-electron chi connectivity index (χ3n) is 8.13. The van der Waals surface area contributed by atoms with Crippen molar-refractivity contribution in [2.75, 3.05) is 6.61 Å². The average Bonchev–Trinajstić information content (AvgIpc) is 3.68. The van der Waals surface area contributed by atoms with Gasteiger partial charge in [0.1, 0.15) is 36.9 Å². The number of aryl methyl sites for hydroxylation is 3. The summed E-state index contributed by atoms with van der Waals surface area (Å²) in [6, 6.07) is 20.4. The second-order valence-corrected chi connectivity index (χ2v) is 11.9. The van der Waals surface area contributed by atoms with Gasteiger partial charge in [-0.1, -0.05) is 53.1 Å². The first-order valence-electron chi connectivity index (χ1n) is 15.8. The first-order chi connectivity index (χ1) is 24.1. The molecule has 0 saturated carbocycles. The molecule has 0 bridgehead atoms. The van der Waals surface area contributed by atoms with E-state index in [2.05, 4.69) is 15.0 Å². The van der Waals surface area contributed by atoms with Gasteiger partial charge < -0.3 is 23.7 Å². The fourth-order valence-corrected chi connectivity index (χ4v) is 5.39. The van der Waals surface area contributed by atoms with Crippen LogP contribution in [0.1, 0.15) is 66.6 Å². The highest BCUT2D eigenvalue weighted by Crippen LogP contribution is 2.37. The van der Waals surface area contributed by atoms with Crippen molar-refractivity contribution >= 4 is 35.0 Å². The van der Waals surface area contributed by atoms with Crippen LogP contribution in [-0.2, 0) is 35.1 Å². The summed E-state index contributed by atoms with van der Waals surface area (Å²) in [5.41, 5.74) is 4.60. The lowest BCUT2D eigenvalue weighted by Gasteiger charge is -2.25. The molecule has 0 spiro atoms. The molecule has 1 aliphatic rings. The van der Waals surface area contributed by atoms with E-state index in [1.165, 1.54) is 24.1 Å². The summed E-state index contributed by atoms with van der Waals surface area (Å²) in [6.07, 6.45) is -2.10. The number of carbonyl (C=O) groups excluding carboxylic acids is 4. The molecule has 4 atom stereocenters. The third-order valence-corrected chi connectivity index (χ3v) is 8.13.